The lowest BCUT2D eigenvalue weighted by Gasteiger charge is -2.23. The maximum atomic E-state index is 5.93. The van der Waals surface area contributed by atoms with Gasteiger partial charge in [-0.15, -0.1) is 0 Å². The van der Waals surface area contributed by atoms with Crippen LogP contribution in [0.25, 0.3) is 0 Å². The maximum absolute atomic E-state index is 5.93. The minimum absolute atomic E-state index is 0.564. The maximum Gasteiger partial charge on any atom is 0.148 e. The average molecular weight is 243 g/mol. The summed E-state index contributed by atoms with van der Waals surface area (Å²) in [5.74, 6) is 0.703. The molecule has 0 radical (unpaired) electrons. The number of nitrogens with zero attached hydrogens (tertiary/aromatic N) is 3. The zero-order chi connectivity index (χ0) is 12.0. The van der Waals surface area contributed by atoms with E-state index in [2.05, 4.69) is 41.1 Å². The molecule has 1 aromatic heterocycles. The van der Waals surface area contributed by atoms with Gasteiger partial charge in [-0.1, -0.05) is 18.5 Å². The van der Waals surface area contributed by atoms with E-state index >= 15 is 0 Å². The molecule has 1 heterocycles. The lowest BCUT2D eigenvalue weighted by atomic mass is 10.2. The summed E-state index contributed by atoms with van der Waals surface area (Å²) in [5, 5.41) is 3.76. The van der Waals surface area contributed by atoms with Crippen LogP contribution in [0.2, 0.25) is 5.02 Å². The first kappa shape index (κ1) is 13.2. The molecule has 16 heavy (non-hydrogen) atoms. The second-order valence-electron chi connectivity index (χ2n) is 3.88. The Bertz CT molecular complexity index is 319. The van der Waals surface area contributed by atoms with Gasteiger partial charge in [-0.3, -0.25) is 0 Å². The van der Waals surface area contributed by atoms with Gasteiger partial charge in [-0.25, -0.2) is 9.97 Å². The van der Waals surface area contributed by atoms with Crippen LogP contribution < -0.4 is 5.32 Å². The summed E-state index contributed by atoms with van der Waals surface area (Å²) in [6, 6.07) is 0.600. The van der Waals surface area contributed by atoms with Crippen LogP contribution in [-0.4, -0.2) is 41.0 Å². The predicted molar refractivity (Wildman–Crippen MR) is 67.9 cm³/mol. The van der Waals surface area contributed by atoms with E-state index in [4.69, 9.17) is 11.6 Å². The number of nitrogens with one attached hydrogen (secondary N) is 1. The summed E-state index contributed by atoms with van der Waals surface area (Å²) < 4.78 is 0. The van der Waals surface area contributed by atoms with Gasteiger partial charge in [0.15, 0.2) is 0 Å². The normalized spacial score (nSPS) is 12.8. The van der Waals surface area contributed by atoms with Crippen molar-refractivity contribution in [3.05, 3.63) is 17.5 Å². The number of hydrogen-bond acceptors (Lipinski definition) is 4. The molecule has 4 nitrogen and oxygen atoms in total. The summed E-state index contributed by atoms with van der Waals surface area (Å²) in [6.45, 7) is 6.21. The van der Waals surface area contributed by atoms with E-state index in [1.165, 1.54) is 6.33 Å². The van der Waals surface area contributed by atoms with Gasteiger partial charge in [0.1, 0.15) is 17.2 Å². The van der Waals surface area contributed by atoms with Gasteiger partial charge in [-0.05, 0) is 20.4 Å². The van der Waals surface area contributed by atoms with Crippen LogP contribution in [0.3, 0.4) is 0 Å². The Morgan fingerprint density at radius 1 is 1.56 bits per heavy atom. The molecule has 1 aromatic rings. The molecule has 90 valence electrons. The van der Waals surface area contributed by atoms with Crippen LogP contribution in [0.15, 0.2) is 12.5 Å². The summed E-state index contributed by atoms with van der Waals surface area (Å²) in [6.07, 6.45) is 4.24. The van der Waals surface area contributed by atoms with Gasteiger partial charge in [0.05, 0.1) is 6.20 Å². The highest BCUT2D eigenvalue weighted by Crippen LogP contribution is 2.15. The zero-order valence-corrected chi connectivity index (χ0v) is 10.8. The molecule has 1 atom stereocenters. The third kappa shape index (κ3) is 3.94. The van der Waals surface area contributed by atoms with Crippen LogP contribution in [0.5, 0.6) is 0 Å². The van der Waals surface area contributed by atoms with Crippen molar-refractivity contribution >= 4 is 17.4 Å². The van der Waals surface area contributed by atoms with Crippen molar-refractivity contribution in [2.45, 2.75) is 26.3 Å². The fraction of sp³-hybridized carbons (Fsp3) is 0.636. The summed E-state index contributed by atoms with van der Waals surface area (Å²) in [7, 11) is 2.12. The van der Waals surface area contributed by atoms with Crippen LogP contribution >= 0.6 is 11.6 Å². The number of rotatable bonds is 6. The van der Waals surface area contributed by atoms with Gasteiger partial charge in [0.2, 0.25) is 0 Å². The monoisotopic (exact) mass is 242 g/mol. The van der Waals surface area contributed by atoms with E-state index in [0.717, 1.165) is 19.5 Å². The van der Waals surface area contributed by atoms with E-state index in [1.807, 2.05) is 0 Å². The molecular weight excluding hydrogens is 224 g/mol. The van der Waals surface area contributed by atoms with E-state index in [0.29, 0.717) is 16.9 Å². The quantitative estimate of drug-likeness (QED) is 0.831. The SMILES string of the molecule is CCC(C)N(C)CCNc1ncncc1Cl. The third-order valence-corrected chi connectivity index (χ3v) is 3.04. The lowest BCUT2D eigenvalue weighted by Crippen LogP contribution is -2.32. The molecule has 0 aromatic carbocycles. The van der Waals surface area contributed by atoms with E-state index in [9.17, 15) is 0 Å². The lowest BCUT2D eigenvalue weighted by molar-refractivity contribution is 0.261. The summed E-state index contributed by atoms with van der Waals surface area (Å²) >= 11 is 5.93. The molecule has 5 heteroatoms. The molecule has 0 fully saturated rings. The van der Waals surface area contributed by atoms with Gasteiger partial charge < -0.3 is 10.2 Å². The molecule has 0 saturated heterocycles. The molecule has 0 spiro atoms. The number of aromatic nitrogens is 2. The highest BCUT2D eigenvalue weighted by Gasteiger charge is 2.06. The highest BCUT2D eigenvalue weighted by molar-refractivity contribution is 6.32. The van der Waals surface area contributed by atoms with Crippen molar-refractivity contribution in [1.29, 1.82) is 0 Å². The minimum Gasteiger partial charge on any atom is -0.367 e. The van der Waals surface area contributed by atoms with Gasteiger partial charge in [0, 0.05) is 19.1 Å². The zero-order valence-electron chi connectivity index (χ0n) is 10.1. The number of hydrogen-bond donors (Lipinski definition) is 1. The van der Waals surface area contributed by atoms with Gasteiger partial charge >= 0.3 is 0 Å². The molecule has 0 amide bonds. The largest absolute Gasteiger partial charge is 0.367 e. The molecule has 0 aliphatic carbocycles. The van der Waals surface area contributed by atoms with E-state index in [-0.39, 0.29) is 0 Å². The van der Waals surface area contributed by atoms with Gasteiger partial charge in [0.25, 0.3) is 0 Å². The van der Waals surface area contributed by atoms with Crippen LogP contribution in [-0.2, 0) is 0 Å². The minimum atomic E-state index is 0.564. The Labute approximate surface area is 102 Å². The van der Waals surface area contributed by atoms with Crippen molar-refractivity contribution in [2.24, 2.45) is 0 Å². The number of anilines is 1. The topological polar surface area (TPSA) is 41.0 Å². The number of halogens is 1. The number of likely N-dealkylation sites (N-methyl/N-ethyl adjacent to an activating group) is 1. The molecule has 1 rings (SSSR count). The van der Waals surface area contributed by atoms with Crippen LogP contribution in [0.4, 0.5) is 5.82 Å². The fourth-order valence-corrected chi connectivity index (χ4v) is 1.50. The Morgan fingerprint density at radius 3 is 2.94 bits per heavy atom. The second kappa shape index (κ2) is 6.66. The van der Waals surface area contributed by atoms with Crippen molar-refractivity contribution in [1.82, 2.24) is 14.9 Å². The predicted octanol–water partition coefficient (Wildman–Crippen LogP) is 2.27. The van der Waals surface area contributed by atoms with Crippen LogP contribution in [0, 0.1) is 0 Å². The Balaban J connectivity index is 2.33. The highest BCUT2D eigenvalue weighted by atomic mass is 35.5. The Hall–Kier alpha value is -0.870. The van der Waals surface area contributed by atoms with Crippen molar-refractivity contribution in [3.8, 4) is 0 Å². The third-order valence-electron chi connectivity index (χ3n) is 2.77. The van der Waals surface area contributed by atoms with Crippen LogP contribution in [0.1, 0.15) is 20.3 Å². The molecule has 1 N–H and O–H groups in total. The summed E-state index contributed by atoms with van der Waals surface area (Å²) in [5.41, 5.74) is 0. The first-order valence-electron chi connectivity index (χ1n) is 5.54. The Morgan fingerprint density at radius 2 is 2.31 bits per heavy atom. The van der Waals surface area contributed by atoms with E-state index < -0.39 is 0 Å². The molecule has 0 aliphatic rings. The van der Waals surface area contributed by atoms with Crippen molar-refractivity contribution in [3.63, 3.8) is 0 Å². The molecule has 0 bridgehead atoms. The summed E-state index contributed by atoms with van der Waals surface area (Å²) in [4.78, 5) is 10.2. The molecular formula is C11H19ClN4. The standard InChI is InChI=1S/C11H19ClN4/c1-4-9(2)16(3)6-5-14-11-10(12)7-13-8-15-11/h7-9H,4-6H2,1-3H3,(H,13,14,15). The Kier molecular flexibility index (Phi) is 5.49. The fourth-order valence-electron chi connectivity index (χ4n) is 1.33. The first-order valence-corrected chi connectivity index (χ1v) is 5.92. The molecule has 0 aliphatic heterocycles. The smallest absolute Gasteiger partial charge is 0.148 e. The molecule has 1 unspecified atom stereocenters. The second-order valence-corrected chi connectivity index (χ2v) is 4.29. The van der Waals surface area contributed by atoms with Gasteiger partial charge in [-0.2, -0.15) is 0 Å². The van der Waals surface area contributed by atoms with Crippen molar-refractivity contribution < 1.29 is 0 Å². The first-order chi connectivity index (χ1) is 7.65. The van der Waals surface area contributed by atoms with E-state index in [1.54, 1.807) is 6.20 Å². The molecule has 0 saturated carbocycles. The van der Waals surface area contributed by atoms with Crippen molar-refractivity contribution in [2.75, 3.05) is 25.5 Å². The average Bonchev–Trinajstić information content (AvgIpc) is 2.30.